The van der Waals surface area contributed by atoms with E-state index in [1.807, 2.05) is 0 Å². The van der Waals surface area contributed by atoms with Gasteiger partial charge in [0, 0.05) is 5.56 Å². The van der Waals surface area contributed by atoms with Gasteiger partial charge >= 0.3 is 0 Å². The Morgan fingerprint density at radius 1 is 1.50 bits per heavy atom. The molecule has 0 unspecified atom stereocenters. The molecule has 0 spiro atoms. The van der Waals surface area contributed by atoms with Crippen LogP contribution < -0.4 is 4.74 Å². The van der Waals surface area contributed by atoms with Crippen LogP contribution in [0.5, 0.6) is 5.75 Å². The molecule has 1 rings (SSSR count). The number of rotatable bonds is 4. The number of halogens is 3. The van der Waals surface area contributed by atoms with Gasteiger partial charge < -0.3 is 4.74 Å². The first-order valence-electron chi connectivity index (χ1n) is 4.73. The van der Waals surface area contributed by atoms with Gasteiger partial charge in [-0.15, -0.1) is 0 Å². The Kier molecular flexibility index (Phi) is 4.41. The highest BCUT2D eigenvalue weighted by Crippen LogP contribution is 2.38. The summed E-state index contributed by atoms with van der Waals surface area (Å²) in [4.78, 5) is 11.2. The van der Waals surface area contributed by atoms with E-state index in [1.165, 1.54) is 19.1 Å². The molecule has 1 aromatic carbocycles. The van der Waals surface area contributed by atoms with Crippen LogP contribution in [0.4, 0.5) is 8.78 Å². The second-order valence-electron chi connectivity index (χ2n) is 3.13. The molecule has 0 atom stereocenters. The molecule has 0 fully saturated rings. The second kappa shape index (κ2) is 5.39. The average molecular weight is 293 g/mol. The summed E-state index contributed by atoms with van der Waals surface area (Å²) in [5, 5.41) is 0. The molecule has 0 amide bonds. The standard InChI is InChI=1S/C11H11BrF2O2/c1-3-16-10-8(12)5-4-7(6(2)15)9(10)11(13)14/h4-5,11H,3H2,1-2H3. The second-order valence-corrected chi connectivity index (χ2v) is 3.98. The highest BCUT2D eigenvalue weighted by Gasteiger charge is 2.23. The van der Waals surface area contributed by atoms with E-state index >= 15 is 0 Å². The number of hydrogen-bond donors (Lipinski definition) is 0. The van der Waals surface area contributed by atoms with Crippen LogP contribution in [-0.4, -0.2) is 12.4 Å². The van der Waals surface area contributed by atoms with Crippen LogP contribution in [-0.2, 0) is 0 Å². The fourth-order valence-electron chi connectivity index (χ4n) is 1.39. The van der Waals surface area contributed by atoms with Gasteiger partial charge in [0.05, 0.1) is 16.6 Å². The van der Waals surface area contributed by atoms with Crippen molar-refractivity contribution in [3.63, 3.8) is 0 Å². The third-order valence-electron chi connectivity index (χ3n) is 2.03. The summed E-state index contributed by atoms with van der Waals surface area (Å²) in [6, 6.07) is 2.91. The number of carbonyl (C=O) groups excluding carboxylic acids is 1. The number of benzene rings is 1. The monoisotopic (exact) mass is 292 g/mol. The summed E-state index contributed by atoms with van der Waals surface area (Å²) in [7, 11) is 0. The van der Waals surface area contributed by atoms with Crippen molar-refractivity contribution in [3.8, 4) is 5.75 Å². The van der Waals surface area contributed by atoms with Gasteiger partial charge in [-0.2, -0.15) is 0 Å². The van der Waals surface area contributed by atoms with Crippen molar-refractivity contribution < 1.29 is 18.3 Å². The minimum absolute atomic E-state index is 0.00153. The Balaban J connectivity index is 3.43. The predicted molar refractivity (Wildman–Crippen MR) is 60.3 cm³/mol. The first-order chi connectivity index (χ1) is 7.49. The van der Waals surface area contributed by atoms with Crippen molar-refractivity contribution in [2.45, 2.75) is 20.3 Å². The van der Waals surface area contributed by atoms with E-state index < -0.39 is 12.2 Å². The molecule has 0 aliphatic rings. The highest BCUT2D eigenvalue weighted by atomic mass is 79.9. The SMILES string of the molecule is CCOc1c(Br)ccc(C(C)=O)c1C(F)F. The molecule has 0 aliphatic heterocycles. The van der Waals surface area contributed by atoms with Crippen molar-refractivity contribution >= 4 is 21.7 Å². The smallest absolute Gasteiger partial charge is 0.268 e. The molecular weight excluding hydrogens is 282 g/mol. The Hall–Kier alpha value is -0.970. The van der Waals surface area contributed by atoms with Gasteiger partial charge in [-0.25, -0.2) is 8.78 Å². The van der Waals surface area contributed by atoms with E-state index in [4.69, 9.17) is 4.74 Å². The molecule has 1 aromatic rings. The quantitative estimate of drug-likeness (QED) is 0.785. The molecule has 5 heteroatoms. The highest BCUT2D eigenvalue weighted by molar-refractivity contribution is 9.10. The zero-order valence-electron chi connectivity index (χ0n) is 8.89. The summed E-state index contributed by atoms with van der Waals surface area (Å²) >= 11 is 3.13. The molecule has 0 aliphatic carbocycles. The lowest BCUT2D eigenvalue weighted by Gasteiger charge is -2.14. The number of carbonyl (C=O) groups is 1. The normalized spacial score (nSPS) is 10.6. The van der Waals surface area contributed by atoms with Crippen LogP contribution in [0.2, 0.25) is 0 Å². The van der Waals surface area contributed by atoms with Crippen molar-refractivity contribution in [2.75, 3.05) is 6.61 Å². The first kappa shape index (κ1) is 13.1. The van der Waals surface area contributed by atoms with E-state index in [2.05, 4.69) is 15.9 Å². The third kappa shape index (κ3) is 2.58. The largest absolute Gasteiger partial charge is 0.492 e. The summed E-state index contributed by atoms with van der Waals surface area (Å²) in [5.41, 5.74) is -0.342. The van der Waals surface area contributed by atoms with Crippen LogP contribution in [0.3, 0.4) is 0 Å². The summed E-state index contributed by atoms with van der Waals surface area (Å²) < 4.78 is 31.4. The van der Waals surface area contributed by atoms with Crippen LogP contribution in [0, 0.1) is 0 Å². The van der Waals surface area contributed by atoms with Crippen LogP contribution >= 0.6 is 15.9 Å². The van der Waals surface area contributed by atoms with E-state index in [9.17, 15) is 13.6 Å². The zero-order chi connectivity index (χ0) is 12.3. The van der Waals surface area contributed by atoms with Gasteiger partial charge in [0.25, 0.3) is 6.43 Å². The van der Waals surface area contributed by atoms with Crippen molar-refractivity contribution in [3.05, 3.63) is 27.7 Å². The molecule has 0 saturated heterocycles. The van der Waals surface area contributed by atoms with Gasteiger partial charge in [0.2, 0.25) is 0 Å². The van der Waals surface area contributed by atoms with Crippen molar-refractivity contribution in [1.29, 1.82) is 0 Å². The fraction of sp³-hybridized carbons (Fsp3) is 0.364. The fourth-order valence-corrected chi connectivity index (χ4v) is 1.85. The van der Waals surface area contributed by atoms with Gasteiger partial charge in [-0.3, -0.25) is 4.79 Å². The Bertz CT molecular complexity index is 405. The average Bonchev–Trinajstić information content (AvgIpc) is 2.20. The molecule has 16 heavy (non-hydrogen) atoms. The van der Waals surface area contributed by atoms with E-state index in [0.29, 0.717) is 4.47 Å². The lowest BCUT2D eigenvalue weighted by atomic mass is 10.0. The predicted octanol–water partition coefficient (Wildman–Crippen LogP) is 3.99. The molecule has 0 bridgehead atoms. The molecule has 2 nitrogen and oxygen atoms in total. The van der Waals surface area contributed by atoms with Crippen LogP contribution in [0.15, 0.2) is 16.6 Å². The molecule has 0 aromatic heterocycles. The molecule has 0 radical (unpaired) electrons. The minimum atomic E-state index is -2.74. The van der Waals surface area contributed by atoms with E-state index in [-0.39, 0.29) is 23.5 Å². The summed E-state index contributed by atoms with van der Waals surface area (Å²) in [5.74, 6) is -0.353. The Morgan fingerprint density at radius 3 is 2.56 bits per heavy atom. The van der Waals surface area contributed by atoms with Crippen molar-refractivity contribution in [1.82, 2.24) is 0 Å². The number of hydrogen-bond acceptors (Lipinski definition) is 2. The first-order valence-corrected chi connectivity index (χ1v) is 5.52. The Morgan fingerprint density at radius 2 is 2.12 bits per heavy atom. The number of alkyl halides is 2. The van der Waals surface area contributed by atoms with Crippen LogP contribution in [0.25, 0.3) is 0 Å². The number of ketones is 1. The number of ether oxygens (including phenoxy) is 1. The maximum absolute atomic E-state index is 12.9. The lowest BCUT2D eigenvalue weighted by Crippen LogP contribution is -2.05. The van der Waals surface area contributed by atoms with E-state index in [1.54, 1.807) is 6.92 Å². The van der Waals surface area contributed by atoms with Gasteiger partial charge in [-0.1, -0.05) is 0 Å². The molecule has 88 valence electrons. The molecule has 0 N–H and O–H groups in total. The van der Waals surface area contributed by atoms with Gasteiger partial charge in [-0.05, 0) is 41.9 Å². The topological polar surface area (TPSA) is 26.3 Å². The lowest BCUT2D eigenvalue weighted by molar-refractivity contribution is 0.0995. The molecular formula is C11H11BrF2O2. The summed E-state index contributed by atoms with van der Waals surface area (Å²) in [6.07, 6.45) is -2.74. The van der Waals surface area contributed by atoms with Crippen LogP contribution in [0.1, 0.15) is 36.2 Å². The number of Topliss-reactive ketones (excluding diaryl/α,β-unsaturated/α-hetero) is 1. The summed E-state index contributed by atoms with van der Waals surface area (Å²) in [6.45, 7) is 3.21. The van der Waals surface area contributed by atoms with Gasteiger partial charge in [0.15, 0.2) is 5.78 Å². The van der Waals surface area contributed by atoms with E-state index in [0.717, 1.165) is 0 Å². The molecule has 0 heterocycles. The zero-order valence-corrected chi connectivity index (χ0v) is 10.5. The van der Waals surface area contributed by atoms with Crippen molar-refractivity contribution in [2.24, 2.45) is 0 Å². The maximum Gasteiger partial charge on any atom is 0.268 e. The maximum atomic E-state index is 12.9. The van der Waals surface area contributed by atoms with Gasteiger partial charge in [0.1, 0.15) is 5.75 Å². The third-order valence-corrected chi connectivity index (χ3v) is 2.66. The Labute approximate surface area is 101 Å². The molecule has 0 saturated carbocycles. The minimum Gasteiger partial charge on any atom is -0.492 e.